The van der Waals surface area contributed by atoms with Crippen LogP contribution in [-0.4, -0.2) is 42.5 Å². The van der Waals surface area contributed by atoms with Gasteiger partial charge in [-0.1, -0.05) is 12.1 Å². The molecule has 1 aromatic heterocycles. The number of nitrogens with one attached hydrogen (secondary N) is 2. The molecule has 2 aromatic rings. The first-order chi connectivity index (χ1) is 12.2. The van der Waals surface area contributed by atoms with E-state index in [2.05, 4.69) is 20.5 Å². The van der Waals surface area contributed by atoms with Crippen molar-refractivity contribution in [3.8, 4) is 5.75 Å². The Balaban J connectivity index is 1.45. The van der Waals surface area contributed by atoms with Crippen LogP contribution in [0.2, 0.25) is 0 Å². The van der Waals surface area contributed by atoms with Gasteiger partial charge in [0.25, 0.3) is 11.8 Å². The summed E-state index contributed by atoms with van der Waals surface area (Å²) in [7, 11) is 0. The molecule has 1 atom stereocenters. The van der Waals surface area contributed by atoms with E-state index in [1.165, 1.54) is 0 Å². The highest BCUT2D eigenvalue weighted by atomic mass is 16.5. The summed E-state index contributed by atoms with van der Waals surface area (Å²) in [5.74, 6) is 0.939. The Morgan fingerprint density at radius 2 is 2.20 bits per heavy atom. The summed E-state index contributed by atoms with van der Waals surface area (Å²) in [6.07, 6.45) is 2.62. The maximum atomic E-state index is 12.7. The highest BCUT2D eigenvalue weighted by molar-refractivity contribution is 6.03. The number of anilines is 2. The molecule has 4 rings (SSSR count). The lowest BCUT2D eigenvalue weighted by Gasteiger charge is -2.21. The number of hydrogen-bond acceptors (Lipinski definition) is 5. The second kappa shape index (κ2) is 6.43. The number of rotatable bonds is 3. The molecule has 0 aliphatic carbocycles. The molecule has 3 heterocycles. The fourth-order valence-electron chi connectivity index (χ4n) is 3.18. The Kier molecular flexibility index (Phi) is 3.97. The Labute approximate surface area is 145 Å². The van der Waals surface area contributed by atoms with Crippen molar-refractivity contribution < 1.29 is 14.3 Å². The first-order valence-electron chi connectivity index (χ1n) is 8.23. The van der Waals surface area contributed by atoms with Crippen molar-refractivity contribution in [1.29, 1.82) is 0 Å². The van der Waals surface area contributed by atoms with Gasteiger partial charge >= 0.3 is 0 Å². The zero-order valence-corrected chi connectivity index (χ0v) is 13.6. The van der Waals surface area contributed by atoms with Gasteiger partial charge in [-0.15, -0.1) is 0 Å². The lowest BCUT2D eigenvalue weighted by atomic mass is 10.1. The molecular formula is C18H18N4O3. The average molecular weight is 338 g/mol. The third kappa shape index (κ3) is 3.13. The number of amides is 2. The van der Waals surface area contributed by atoms with E-state index in [9.17, 15) is 9.59 Å². The van der Waals surface area contributed by atoms with Crippen molar-refractivity contribution in [2.24, 2.45) is 0 Å². The molecule has 1 saturated heterocycles. The number of nitrogens with zero attached hydrogens (tertiary/aromatic N) is 2. The number of hydrogen-bond donors (Lipinski definition) is 2. The predicted octanol–water partition coefficient (Wildman–Crippen LogP) is 1.42. The molecule has 1 aromatic carbocycles. The minimum absolute atomic E-state index is 0.0449. The van der Waals surface area contributed by atoms with Crippen molar-refractivity contribution in [1.82, 2.24) is 10.3 Å². The Morgan fingerprint density at radius 1 is 1.28 bits per heavy atom. The SMILES string of the molecule is O=C1COc2c(cccc2C(=O)NC2CCN(c3ccccn3)C2)N1. The average Bonchev–Trinajstić information content (AvgIpc) is 3.10. The van der Waals surface area contributed by atoms with Crippen LogP contribution in [0.25, 0.3) is 0 Å². The first kappa shape index (κ1) is 15.4. The standard InChI is InChI=1S/C18H18N4O3/c23-16-11-25-17-13(4-3-5-14(17)21-16)18(24)20-12-7-9-22(10-12)15-6-1-2-8-19-15/h1-6,8,12H,7,9-11H2,(H,20,24)(H,21,23). The molecule has 7 heteroatoms. The van der Waals surface area contributed by atoms with Crippen LogP contribution >= 0.6 is 0 Å². The van der Waals surface area contributed by atoms with Crippen LogP contribution in [0, 0.1) is 0 Å². The Morgan fingerprint density at radius 3 is 3.04 bits per heavy atom. The smallest absolute Gasteiger partial charge is 0.262 e. The van der Waals surface area contributed by atoms with E-state index in [0.29, 0.717) is 17.0 Å². The van der Waals surface area contributed by atoms with Crippen LogP contribution < -0.4 is 20.3 Å². The van der Waals surface area contributed by atoms with Gasteiger partial charge in [0, 0.05) is 25.3 Å². The lowest BCUT2D eigenvalue weighted by molar-refractivity contribution is -0.118. The van der Waals surface area contributed by atoms with Gasteiger partial charge in [-0.2, -0.15) is 0 Å². The van der Waals surface area contributed by atoms with Gasteiger partial charge in [0.05, 0.1) is 11.3 Å². The largest absolute Gasteiger partial charge is 0.481 e. The molecule has 2 aliphatic rings. The van der Waals surface area contributed by atoms with Crippen molar-refractivity contribution in [3.05, 3.63) is 48.2 Å². The van der Waals surface area contributed by atoms with Gasteiger partial charge in [-0.05, 0) is 30.7 Å². The topological polar surface area (TPSA) is 83.6 Å². The zero-order chi connectivity index (χ0) is 17.2. The van der Waals surface area contributed by atoms with Crippen LogP contribution in [0.15, 0.2) is 42.6 Å². The maximum Gasteiger partial charge on any atom is 0.262 e. The fraction of sp³-hybridized carbons (Fsp3) is 0.278. The number of carbonyl (C=O) groups excluding carboxylic acids is 2. The number of benzene rings is 1. The number of aromatic nitrogens is 1. The van der Waals surface area contributed by atoms with Gasteiger partial charge in [0.2, 0.25) is 0 Å². The van der Waals surface area contributed by atoms with E-state index in [1.54, 1.807) is 24.4 Å². The molecule has 1 unspecified atom stereocenters. The van der Waals surface area contributed by atoms with Crippen LogP contribution in [-0.2, 0) is 4.79 Å². The molecule has 0 spiro atoms. The number of carbonyl (C=O) groups is 2. The summed E-state index contributed by atoms with van der Waals surface area (Å²) < 4.78 is 5.45. The van der Waals surface area contributed by atoms with Crippen molar-refractivity contribution in [2.75, 3.05) is 29.9 Å². The number of ether oxygens (including phenoxy) is 1. The molecule has 7 nitrogen and oxygen atoms in total. The third-order valence-corrected chi connectivity index (χ3v) is 4.38. The maximum absolute atomic E-state index is 12.7. The van der Waals surface area contributed by atoms with E-state index >= 15 is 0 Å². The predicted molar refractivity (Wildman–Crippen MR) is 92.9 cm³/mol. The minimum atomic E-state index is -0.216. The minimum Gasteiger partial charge on any atom is -0.481 e. The summed E-state index contributed by atoms with van der Waals surface area (Å²) in [6, 6.07) is 11.0. The third-order valence-electron chi connectivity index (χ3n) is 4.38. The van der Waals surface area contributed by atoms with E-state index in [4.69, 9.17) is 4.74 Å². The number of para-hydroxylation sites is 1. The monoisotopic (exact) mass is 338 g/mol. The fourth-order valence-corrected chi connectivity index (χ4v) is 3.18. The summed E-state index contributed by atoms with van der Waals surface area (Å²) in [5.41, 5.74) is 0.972. The van der Waals surface area contributed by atoms with Crippen LogP contribution in [0.3, 0.4) is 0 Å². The molecule has 2 amide bonds. The number of fused-ring (bicyclic) bond motifs is 1. The molecule has 128 valence electrons. The highest BCUT2D eigenvalue weighted by Crippen LogP contribution is 2.31. The molecule has 1 fully saturated rings. The van der Waals surface area contributed by atoms with Gasteiger partial charge in [-0.25, -0.2) is 4.98 Å². The molecule has 2 aliphatic heterocycles. The van der Waals surface area contributed by atoms with Crippen LogP contribution in [0.4, 0.5) is 11.5 Å². The van der Waals surface area contributed by atoms with Gasteiger partial charge in [-0.3, -0.25) is 9.59 Å². The quantitative estimate of drug-likeness (QED) is 0.884. The molecule has 0 radical (unpaired) electrons. The molecule has 25 heavy (non-hydrogen) atoms. The zero-order valence-electron chi connectivity index (χ0n) is 13.6. The normalized spacial score (nSPS) is 19.0. The summed E-state index contributed by atoms with van der Waals surface area (Å²) in [6.45, 7) is 1.49. The van der Waals surface area contributed by atoms with E-state index < -0.39 is 0 Å². The van der Waals surface area contributed by atoms with E-state index in [-0.39, 0.29) is 24.5 Å². The van der Waals surface area contributed by atoms with Gasteiger partial charge < -0.3 is 20.3 Å². The van der Waals surface area contributed by atoms with Gasteiger partial charge in [0.1, 0.15) is 5.82 Å². The van der Waals surface area contributed by atoms with Crippen LogP contribution in [0.1, 0.15) is 16.8 Å². The second-order valence-corrected chi connectivity index (χ2v) is 6.11. The van der Waals surface area contributed by atoms with Crippen molar-refractivity contribution >= 4 is 23.3 Å². The van der Waals surface area contributed by atoms with E-state index in [1.807, 2.05) is 18.2 Å². The Bertz CT molecular complexity index is 809. The molecule has 0 bridgehead atoms. The lowest BCUT2D eigenvalue weighted by Crippen LogP contribution is -2.38. The summed E-state index contributed by atoms with van der Waals surface area (Å²) in [5, 5.41) is 5.77. The molecule has 2 N–H and O–H groups in total. The van der Waals surface area contributed by atoms with E-state index in [0.717, 1.165) is 25.3 Å². The van der Waals surface area contributed by atoms with Crippen molar-refractivity contribution in [2.45, 2.75) is 12.5 Å². The summed E-state index contributed by atoms with van der Waals surface area (Å²) >= 11 is 0. The molecular weight excluding hydrogens is 320 g/mol. The number of pyridine rings is 1. The Hall–Kier alpha value is -3.09. The van der Waals surface area contributed by atoms with Gasteiger partial charge in [0.15, 0.2) is 12.4 Å². The second-order valence-electron chi connectivity index (χ2n) is 6.11. The highest BCUT2D eigenvalue weighted by Gasteiger charge is 2.27. The first-order valence-corrected chi connectivity index (χ1v) is 8.23. The van der Waals surface area contributed by atoms with Crippen LogP contribution in [0.5, 0.6) is 5.75 Å². The molecule has 0 saturated carbocycles. The summed E-state index contributed by atoms with van der Waals surface area (Å²) in [4.78, 5) is 30.6. The van der Waals surface area contributed by atoms with Crippen molar-refractivity contribution in [3.63, 3.8) is 0 Å².